The number of aliphatic hydroxyl groups is 1. The normalized spacial score (nSPS) is 13.2. The molecule has 9 heteroatoms. The highest BCUT2D eigenvalue weighted by Crippen LogP contribution is 2.39. The number of phenols is 1. The van der Waals surface area contributed by atoms with Crippen molar-refractivity contribution in [2.24, 2.45) is 0 Å². The fourth-order valence-electron chi connectivity index (χ4n) is 2.66. The maximum absolute atomic E-state index is 10.7. The molecule has 2 atom stereocenters. The Morgan fingerprint density at radius 1 is 1.14 bits per heavy atom. The highest BCUT2D eigenvalue weighted by Gasteiger charge is 2.18. The molecule has 0 unspecified atom stereocenters. The Bertz CT molecular complexity index is 831. The van der Waals surface area contributed by atoms with E-state index < -0.39 is 12.1 Å². The van der Waals surface area contributed by atoms with E-state index in [-0.39, 0.29) is 34.1 Å². The molecule has 0 heterocycles. The van der Waals surface area contributed by atoms with E-state index >= 15 is 0 Å². The average Bonchev–Trinajstić information content (AvgIpc) is 2.65. The zero-order valence-corrected chi connectivity index (χ0v) is 17.3. The zero-order chi connectivity index (χ0) is 20.8. The van der Waals surface area contributed by atoms with Gasteiger partial charge in [0.2, 0.25) is 0 Å². The third kappa shape index (κ3) is 5.90. The summed E-state index contributed by atoms with van der Waals surface area (Å²) in [5.74, 6) is -0.904. The number of hydrogen-bond donors (Lipinski definition) is 5. The van der Waals surface area contributed by atoms with Crippen molar-refractivity contribution in [1.82, 2.24) is 5.32 Å². The van der Waals surface area contributed by atoms with Crippen molar-refractivity contribution in [2.45, 2.75) is 25.5 Å². The van der Waals surface area contributed by atoms with Crippen molar-refractivity contribution in [3.05, 3.63) is 56.5 Å². The van der Waals surface area contributed by atoms with E-state index in [4.69, 9.17) is 39.9 Å². The molecule has 28 heavy (non-hydrogen) atoms. The number of aliphatic hydroxyl groups excluding tert-OH is 1. The number of phenolic OH excluding ortho intramolecular Hbond substituents is 1. The standard InChI is InChI=1S/C19H21Cl3N2O4/c1-10(19(28)11-2-4-13(25)5-3-11)23-7-6-12-8-14(20)18(17(22)16(12)21)24-9-15(26)27/h2-5,8,10,19,23-25,28H,6-7,9H2,1H3,(H,26,27)/t10-,19-/m0/s1. The molecule has 0 aliphatic rings. The summed E-state index contributed by atoms with van der Waals surface area (Å²) in [6.45, 7) is 2.02. The second kappa shape index (κ2) is 10.2. The molecule has 0 fully saturated rings. The summed E-state index contributed by atoms with van der Waals surface area (Å²) in [7, 11) is 0. The quantitative estimate of drug-likeness (QED) is 0.371. The Labute approximate surface area is 178 Å². The number of benzene rings is 2. The number of aliphatic carboxylic acids is 1. The number of nitrogens with one attached hydrogen (secondary N) is 2. The predicted octanol–water partition coefficient (Wildman–Crippen LogP) is 4.10. The van der Waals surface area contributed by atoms with Gasteiger partial charge in [0.15, 0.2) is 0 Å². The van der Waals surface area contributed by atoms with E-state index in [1.165, 1.54) is 12.1 Å². The van der Waals surface area contributed by atoms with Crippen LogP contribution in [0.15, 0.2) is 30.3 Å². The molecule has 152 valence electrons. The first kappa shape index (κ1) is 22.6. The van der Waals surface area contributed by atoms with Gasteiger partial charge in [-0.3, -0.25) is 4.79 Å². The van der Waals surface area contributed by atoms with Gasteiger partial charge in [-0.25, -0.2) is 0 Å². The third-order valence-electron chi connectivity index (χ3n) is 4.22. The van der Waals surface area contributed by atoms with E-state index in [0.29, 0.717) is 29.1 Å². The lowest BCUT2D eigenvalue weighted by atomic mass is 10.0. The lowest BCUT2D eigenvalue weighted by Crippen LogP contribution is -2.33. The number of carboxylic acid groups (broad SMARTS) is 1. The largest absolute Gasteiger partial charge is 0.508 e. The fourth-order valence-corrected chi connectivity index (χ4v) is 3.53. The predicted molar refractivity (Wildman–Crippen MR) is 112 cm³/mol. The number of carbonyl (C=O) groups is 1. The minimum Gasteiger partial charge on any atom is -0.508 e. The molecule has 2 aromatic rings. The molecule has 0 aliphatic carbocycles. The van der Waals surface area contributed by atoms with E-state index in [2.05, 4.69) is 10.6 Å². The molecule has 0 spiro atoms. The van der Waals surface area contributed by atoms with Crippen LogP contribution in [-0.4, -0.2) is 40.4 Å². The molecule has 0 bridgehead atoms. The van der Waals surface area contributed by atoms with Crippen LogP contribution in [0, 0.1) is 0 Å². The van der Waals surface area contributed by atoms with Crippen LogP contribution in [0.1, 0.15) is 24.2 Å². The van der Waals surface area contributed by atoms with Gasteiger partial charge in [0.25, 0.3) is 0 Å². The number of carboxylic acids is 1. The van der Waals surface area contributed by atoms with Gasteiger partial charge in [-0.2, -0.15) is 0 Å². The van der Waals surface area contributed by atoms with Crippen molar-refractivity contribution < 1.29 is 20.1 Å². The summed E-state index contributed by atoms with van der Waals surface area (Å²) in [5, 5.41) is 35.1. The molecular weight excluding hydrogens is 427 g/mol. The van der Waals surface area contributed by atoms with Crippen molar-refractivity contribution in [2.75, 3.05) is 18.4 Å². The first-order valence-electron chi connectivity index (χ1n) is 8.53. The van der Waals surface area contributed by atoms with Gasteiger partial charge in [0, 0.05) is 6.04 Å². The molecule has 2 aromatic carbocycles. The van der Waals surface area contributed by atoms with Crippen LogP contribution in [0.2, 0.25) is 15.1 Å². The van der Waals surface area contributed by atoms with Gasteiger partial charge < -0.3 is 26.0 Å². The Hall–Kier alpha value is -1.70. The van der Waals surface area contributed by atoms with E-state index in [0.717, 1.165) is 0 Å². The molecule has 0 aromatic heterocycles. The Balaban J connectivity index is 1.98. The molecule has 0 radical (unpaired) electrons. The van der Waals surface area contributed by atoms with Gasteiger partial charge in [-0.05, 0) is 49.2 Å². The number of anilines is 1. The second-order valence-electron chi connectivity index (χ2n) is 6.30. The van der Waals surface area contributed by atoms with Crippen LogP contribution < -0.4 is 10.6 Å². The van der Waals surface area contributed by atoms with Gasteiger partial charge in [-0.1, -0.05) is 46.9 Å². The third-order valence-corrected chi connectivity index (χ3v) is 5.42. The van der Waals surface area contributed by atoms with Crippen LogP contribution >= 0.6 is 34.8 Å². The number of halogens is 3. The molecule has 0 saturated carbocycles. The number of rotatable bonds is 9. The Morgan fingerprint density at radius 2 is 1.79 bits per heavy atom. The van der Waals surface area contributed by atoms with Gasteiger partial charge in [0.05, 0.1) is 26.9 Å². The summed E-state index contributed by atoms with van der Waals surface area (Å²) >= 11 is 18.7. The Kier molecular flexibility index (Phi) is 8.22. The zero-order valence-electron chi connectivity index (χ0n) is 15.0. The van der Waals surface area contributed by atoms with Gasteiger partial charge in [-0.15, -0.1) is 0 Å². The molecule has 2 rings (SSSR count). The smallest absolute Gasteiger partial charge is 0.322 e. The van der Waals surface area contributed by atoms with E-state index in [9.17, 15) is 15.0 Å². The highest BCUT2D eigenvalue weighted by atomic mass is 35.5. The van der Waals surface area contributed by atoms with Gasteiger partial charge in [0.1, 0.15) is 12.3 Å². The number of aromatic hydroxyl groups is 1. The summed E-state index contributed by atoms with van der Waals surface area (Å²) in [6, 6.07) is 7.77. The van der Waals surface area contributed by atoms with Crippen molar-refractivity contribution >= 4 is 46.5 Å². The molecular formula is C19H21Cl3N2O4. The van der Waals surface area contributed by atoms with Crippen LogP contribution in [0.5, 0.6) is 5.75 Å². The molecule has 5 N–H and O–H groups in total. The first-order chi connectivity index (χ1) is 13.2. The monoisotopic (exact) mass is 446 g/mol. The van der Waals surface area contributed by atoms with Crippen molar-refractivity contribution in [3.63, 3.8) is 0 Å². The highest BCUT2D eigenvalue weighted by molar-refractivity contribution is 6.46. The van der Waals surface area contributed by atoms with Gasteiger partial charge >= 0.3 is 5.97 Å². The van der Waals surface area contributed by atoms with Crippen LogP contribution in [0.4, 0.5) is 5.69 Å². The minimum atomic E-state index is -1.04. The second-order valence-corrected chi connectivity index (χ2v) is 7.46. The van der Waals surface area contributed by atoms with E-state index in [1.54, 1.807) is 18.2 Å². The first-order valence-corrected chi connectivity index (χ1v) is 9.66. The van der Waals surface area contributed by atoms with Crippen LogP contribution in [0.3, 0.4) is 0 Å². The fraction of sp³-hybridized carbons (Fsp3) is 0.316. The summed E-state index contributed by atoms with van der Waals surface area (Å²) < 4.78 is 0. The number of hydrogen-bond acceptors (Lipinski definition) is 5. The topological polar surface area (TPSA) is 102 Å². The molecule has 6 nitrogen and oxygen atoms in total. The summed E-state index contributed by atoms with van der Waals surface area (Å²) in [5.41, 5.74) is 1.68. The SMILES string of the molecule is C[C@H](NCCc1cc(Cl)c(NCC(=O)O)c(Cl)c1Cl)[C@H](O)c1ccc(O)cc1. The maximum Gasteiger partial charge on any atom is 0.322 e. The van der Waals surface area contributed by atoms with Crippen LogP contribution in [-0.2, 0) is 11.2 Å². The Morgan fingerprint density at radius 3 is 2.39 bits per heavy atom. The molecule has 0 saturated heterocycles. The maximum atomic E-state index is 10.7. The average molecular weight is 448 g/mol. The lowest BCUT2D eigenvalue weighted by Gasteiger charge is -2.21. The van der Waals surface area contributed by atoms with E-state index in [1.807, 2.05) is 6.92 Å². The van der Waals surface area contributed by atoms with Crippen molar-refractivity contribution in [1.29, 1.82) is 0 Å². The lowest BCUT2D eigenvalue weighted by molar-refractivity contribution is -0.134. The summed E-state index contributed by atoms with van der Waals surface area (Å²) in [6.07, 6.45) is -0.241. The van der Waals surface area contributed by atoms with Crippen LogP contribution in [0.25, 0.3) is 0 Å². The molecule has 0 amide bonds. The molecule has 0 aliphatic heterocycles. The minimum absolute atomic E-state index is 0.140. The summed E-state index contributed by atoms with van der Waals surface area (Å²) in [4.78, 5) is 10.7. The van der Waals surface area contributed by atoms with Crippen molar-refractivity contribution in [3.8, 4) is 5.75 Å².